The molecule has 0 aliphatic heterocycles. The SMILES string of the molecule is CC(C)(c1cc(-c2cc(-c3ccccc3)ccc2S(C)(=O)=O)c2ncccc2c1)S(C)(=O)=O. The molecule has 0 aliphatic rings. The van der Waals surface area contributed by atoms with E-state index in [0.29, 0.717) is 22.2 Å². The van der Waals surface area contributed by atoms with Crippen LogP contribution in [0.1, 0.15) is 19.4 Å². The number of aromatic nitrogens is 1. The second-order valence-corrected chi connectivity index (χ2v) is 13.3. The molecule has 0 bridgehead atoms. The molecule has 0 amide bonds. The van der Waals surface area contributed by atoms with Gasteiger partial charge in [-0.05, 0) is 60.9 Å². The maximum absolute atomic E-state index is 12.7. The van der Waals surface area contributed by atoms with Crippen molar-refractivity contribution >= 4 is 30.6 Å². The van der Waals surface area contributed by atoms with Crippen LogP contribution in [-0.4, -0.2) is 34.3 Å². The molecule has 0 aliphatic carbocycles. The number of pyridine rings is 1. The van der Waals surface area contributed by atoms with Gasteiger partial charge in [0, 0.05) is 35.2 Å². The van der Waals surface area contributed by atoms with Gasteiger partial charge in [-0.1, -0.05) is 42.5 Å². The van der Waals surface area contributed by atoms with E-state index in [-0.39, 0.29) is 4.90 Å². The van der Waals surface area contributed by atoms with Crippen LogP contribution in [0.25, 0.3) is 33.2 Å². The zero-order chi connectivity index (χ0) is 24.0. The van der Waals surface area contributed by atoms with Crippen LogP contribution < -0.4 is 0 Å². The van der Waals surface area contributed by atoms with Gasteiger partial charge in [-0.25, -0.2) is 16.8 Å². The fourth-order valence-corrected chi connectivity index (χ4v) is 5.26. The van der Waals surface area contributed by atoms with Crippen LogP contribution >= 0.6 is 0 Å². The number of hydrogen-bond donors (Lipinski definition) is 0. The molecule has 0 fully saturated rings. The average Bonchev–Trinajstić information content (AvgIpc) is 2.77. The average molecular weight is 480 g/mol. The molecule has 0 N–H and O–H groups in total. The summed E-state index contributed by atoms with van der Waals surface area (Å²) in [4.78, 5) is 4.69. The first-order chi connectivity index (χ1) is 15.4. The molecule has 4 aromatic rings. The first kappa shape index (κ1) is 23.1. The predicted octanol–water partition coefficient (Wildman–Crippen LogP) is 5.25. The van der Waals surface area contributed by atoms with Crippen molar-refractivity contribution in [2.24, 2.45) is 0 Å². The van der Waals surface area contributed by atoms with Crippen LogP contribution in [0.4, 0.5) is 0 Å². The Bertz CT molecular complexity index is 1570. The predicted molar refractivity (Wildman–Crippen MR) is 134 cm³/mol. The fourth-order valence-electron chi connectivity index (χ4n) is 3.83. The first-order valence-electron chi connectivity index (χ1n) is 10.4. The molecule has 4 rings (SSSR count). The summed E-state index contributed by atoms with van der Waals surface area (Å²) in [6, 6.07) is 22.1. The minimum absolute atomic E-state index is 0.170. The Morgan fingerprint density at radius 1 is 0.727 bits per heavy atom. The zero-order valence-corrected chi connectivity index (χ0v) is 20.5. The van der Waals surface area contributed by atoms with Crippen LogP contribution in [0.5, 0.6) is 0 Å². The number of sulfone groups is 2. The number of rotatable bonds is 5. The molecule has 3 aromatic carbocycles. The lowest BCUT2D eigenvalue weighted by atomic mass is 9.92. The van der Waals surface area contributed by atoms with Gasteiger partial charge < -0.3 is 0 Å². The van der Waals surface area contributed by atoms with E-state index in [1.165, 1.54) is 12.5 Å². The highest BCUT2D eigenvalue weighted by atomic mass is 32.2. The van der Waals surface area contributed by atoms with E-state index < -0.39 is 24.4 Å². The molecule has 0 radical (unpaired) electrons. The zero-order valence-electron chi connectivity index (χ0n) is 18.9. The van der Waals surface area contributed by atoms with E-state index >= 15 is 0 Å². The molecule has 0 saturated heterocycles. The van der Waals surface area contributed by atoms with Crippen molar-refractivity contribution in [2.45, 2.75) is 23.5 Å². The fraction of sp³-hybridized carbons (Fsp3) is 0.192. The molecule has 1 aromatic heterocycles. The normalized spacial score (nSPS) is 12.7. The molecule has 0 unspecified atom stereocenters. The molecule has 0 atom stereocenters. The van der Waals surface area contributed by atoms with E-state index in [4.69, 9.17) is 0 Å². The second-order valence-electron chi connectivity index (χ2n) is 8.73. The Hall–Kier alpha value is -3.03. The molecule has 33 heavy (non-hydrogen) atoms. The third kappa shape index (κ3) is 4.30. The highest BCUT2D eigenvalue weighted by molar-refractivity contribution is 7.91. The van der Waals surface area contributed by atoms with Gasteiger partial charge in [0.05, 0.1) is 15.2 Å². The van der Waals surface area contributed by atoms with Gasteiger partial charge in [-0.2, -0.15) is 0 Å². The van der Waals surface area contributed by atoms with Crippen LogP contribution in [0.3, 0.4) is 0 Å². The molecule has 170 valence electrons. The van der Waals surface area contributed by atoms with Gasteiger partial charge in [-0.3, -0.25) is 4.98 Å². The van der Waals surface area contributed by atoms with Crippen molar-refractivity contribution in [3.8, 4) is 22.3 Å². The summed E-state index contributed by atoms with van der Waals surface area (Å²) in [7, 11) is -7.02. The lowest BCUT2D eigenvalue weighted by Gasteiger charge is -2.25. The lowest BCUT2D eigenvalue weighted by Crippen LogP contribution is -2.28. The monoisotopic (exact) mass is 479 g/mol. The maximum atomic E-state index is 12.7. The Morgan fingerprint density at radius 3 is 2.06 bits per heavy atom. The number of hydrogen-bond acceptors (Lipinski definition) is 5. The summed E-state index contributed by atoms with van der Waals surface area (Å²) in [6.07, 6.45) is 4.03. The van der Waals surface area contributed by atoms with E-state index in [9.17, 15) is 16.8 Å². The molecular formula is C26H25NO4S2. The number of fused-ring (bicyclic) bond motifs is 1. The highest BCUT2D eigenvalue weighted by Crippen LogP contribution is 2.39. The highest BCUT2D eigenvalue weighted by Gasteiger charge is 2.33. The molecule has 5 nitrogen and oxygen atoms in total. The Labute approximate surface area is 195 Å². The Kier molecular flexibility index (Phi) is 5.66. The lowest BCUT2D eigenvalue weighted by molar-refractivity contribution is 0.561. The Morgan fingerprint density at radius 2 is 1.42 bits per heavy atom. The van der Waals surface area contributed by atoms with Crippen LogP contribution in [-0.2, 0) is 24.4 Å². The summed E-state index contributed by atoms with van der Waals surface area (Å²) in [5.74, 6) is 0. The van der Waals surface area contributed by atoms with Crippen molar-refractivity contribution < 1.29 is 16.8 Å². The van der Waals surface area contributed by atoms with Gasteiger partial charge in [0.1, 0.15) is 0 Å². The van der Waals surface area contributed by atoms with Crippen LogP contribution in [0, 0.1) is 0 Å². The molecule has 0 spiro atoms. The van der Waals surface area contributed by atoms with Crippen molar-refractivity contribution in [1.29, 1.82) is 0 Å². The smallest absolute Gasteiger partial charge is 0.176 e. The molecular weight excluding hydrogens is 454 g/mol. The van der Waals surface area contributed by atoms with Crippen molar-refractivity contribution in [3.63, 3.8) is 0 Å². The van der Waals surface area contributed by atoms with Crippen LogP contribution in [0.15, 0.2) is 83.9 Å². The van der Waals surface area contributed by atoms with E-state index in [1.54, 1.807) is 44.3 Å². The quantitative estimate of drug-likeness (QED) is 0.390. The van der Waals surface area contributed by atoms with E-state index in [2.05, 4.69) is 4.98 Å². The topological polar surface area (TPSA) is 81.2 Å². The van der Waals surface area contributed by atoms with Gasteiger partial charge >= 0.3 is 0 Å². The second kappa shape index (κ2) is 8.08. The third-order valence-corrected chi connectivity index (χ3v) is 9.35. The third-order valence-electron chi connectivity index (χ3n) is 6.10. The summed E-state index contributed by atoms with van der Waals surface area (Å²) >= 11 is 0. The first-order valence-corrected chi connectivity index (χ1v) is 14.2. The largest absolute Gasteiger partial charge is 0.256 e. The molecule has 1 heterocycles. The minimum atomic E-state index is -3.57. The Balaban J connectivity index is 2.12. The minimum Gasteiger partial charge on any atom is -0.256 e. The number of benzene rings is 3. The molecule has 7 heteroatoms. The van der Waals surface area contributed by atoms with E-state index in [0.717, 1.165) is 16.5 Å². The van der Waals surface area contributed by atoms with Crippen molar-refractivity contribution in [2.75, 3.05) is 12.5 Å². The summed E-state index contributed by atoms with van der Waals surface area (Å²) in [6.45, 7) is 3.31. The standard InChI is InChI=1S/C26H25NO4S2/c1-26(2,33(4,30)31)21-15-20-11-8-14-27-25(20)23(17-21)22-16-19(18-9-6-5-7-10-18)12-13-24(22)32(3,28)29/h5-17H,1-4H3. The summed E-state index contributed by atoms with van der Waals surface area (Å²) < 4.78 is 49.5. The van der Waals surface area contributed by atoms with Gasteiger partial charge in [0.25, 0.3) is 0 Å². The van der Waals surface area contributed by atoms with E-state index in [1.807, 2.05) is 48.5 Å². The van der Waals surface area contributed by atoms with Gasteiger partial charge in [0.2, 0.25) is 0 Å². The molecule has 0 saturated carbocycles. The van der Waals surface area contributed by atoms with Crippen molar-refractivity contribution in [3.05, 3.63) is 84.6 Å². The summed E-state index contributed by atoms with van der Waals surface area (Å²) in [5, 5.41) is 0.742. The van der Waals surface area contributed by atoms with Gasteiger partial charge in [-0.15, -0.1) is 0 Å². The van der Waals surface area contributed by atoms with Gasteiger partial charge in [0.15, 0.2) is 19.7 Å². The maximum Gasteiger partial charge on any atom is 0.176 e. The van der Waals surface area contributed by atoms with Crippen molar-refractivity contribution in [1.82, 2.24) is 4.98 Å². The van der Waals surface area contributed by atoms with Crippen LogP contribution in [0.2, 0.25) is 0 Å². The summed E-state index contributed by atoms with van der Waals surface area (Å²) in [5.41, 5.74) is 4.07. The number of nitrogens with zero attached hydrogens (tertiary/aromatic N) is 1.